The SMILES string of the molecule is C=CCCC(=O)N(CC=C)CC(=O)OCC. The van der Waals surface area contributed by atoms with Crippen LogP contribution in [-0.4, -0.2) is 36.5 Å². The van der Waals surface area contributed by atoms with Gasteiger partial charge < -0.3 is 9.64 Å². The first kappa shape index (κ1) is 14.4. The number of hydrogen-bond donors (Lipinski definition) is 0. The highest BCUT2D eigenvalue weighted by Crippen LogP contribution is 1.99. The average molecular weight is 225 g/mol. The molecule has 0 rings (SSSR count). The third kappa shape index (κ3) is 6.01. The van der Waals surface area contributed by atoms with Crippen LogP contribution in [-0.2, 0) is 14.3 Å². The lowest BCUT2D eigenvalue weighted by Crippen LogP contribution is -2.36. The lowest BCUT2D eigenvalue weighted by atomic mass is 10.2. The van der Waals surface area contributed by atoms with Gasteiger partial charge >= 0.3 is 5.97 Å². The van der Waals surface area contributed by atoms with Crippen molar-refractivity contribution >= 4 is 11.9 Å². The van der Waals surface area contributed by atoms with Crippen molar-refractivity contribution in [1.29, 1.82) is 0 Å². The van der Waals surface area contributed by atoms with E-state index in [2.05, 4.69) is 13.2 Å². The van der Waals surface area contributed by atoms with Crippen LogP contribution in [0.1, 0.15) is 19.8 Å². The minimum atomic E-state index is -0.392. The number of carbonyl (C=O) groups is 2. The van der Waals surface area contributed by atoms with E-state index in [1.807, 2.05) is 0 Å². The summed E-state index contributed by atoms with van der Waals surface area (Å²) in [6.07, 6.45) is 4.23. The molecular formula is C12H19NO3. The quantitative estimate of drug-likeness (QED) is 0.465. The van der Waals surface area contributed by atoms with E-state index in [0.717, 1.165) is 0 Å². The van der Waals surface area contributed by atoms with Crippen molar-refractivity contribution in [1.82, 2.24) is 4.90 Å². The Balaban J connectivity index is 4.23. The zero-order chi connectivity index (χ0) is 12.4. The molecule has 0 aliphatic heterocycles. The highest BCUT2D eigenvalue weighted by Gasteiger charge is 2.15. The fourth-order valence-corrected chi connectivity index (χ4v) is 1.16. The van der Waals surface area contributed by atoms with Gasteiger partial charge in [0, 0.05) is 13.0 Å². The van der Waals surface area contributed by atoms with Crippen molar-refractivity contribution in [3.05, 3.63) is 25.3 Å². The van der Waals surface area contributed by atoms with E-state index in [4.69, 9.17) is 4.74 Å². The van der Waals surface area contributed by atoms with Gasteiger partial charge in [-0.2, -0.15) is 0 Å². The van der Waals surface area contributed by atoms with Gasteiger partial charge in [-0.05, 0) is 13.3 Å². The van der Waals surface area contributed by atoms with Crippen molar-refractivity contribution in [2.45, 2.75) is 19.8 Å². The van der Waals surface area contributed by atoms with Crippen LogP contribution in [0.5, 0.6) is 0 Å². The normalized spacial score (nSPS) is 9.31. The molecule has 0 spiro atoms. The van der Waals surface area contributed by atoms with Gasteiger partial charge in [0.15, 0.2) is 0 Å². The standard InChI is InChI=1S/C12H19NO3/c1-4-7-8-11(14)13(9-5-2)10-12(15)16-6-3/h4-5H,1-2,6-10H2,3H3. The van der Waals surface area contributed by atoms with Gasteiger partial charge in [-0.1, -0.05) is 12.2 Å². The van der Waals surface area contributed by atoms with Crippen molar-refractivity contribution in [2.75, 3.05) is 19.7 Å². The molecule has 0 aliphatic rings. The minimum absolute atomic E-state index is 0.0180. The summed E-state index contributed by atoms with van der Waals surface area (Å²) in [5.74, 6) is -0.482. The molecule has 0 bridgehead atoms. The second kappa shape index (κ2) is 8.71. The lowest BCUT2D eigenvalue weighted by Gasteiger charge is -2.19. The van der Waals surface area contributed by atoms with Gasteiger partial charge in [0.2, 0.25) is 5.91 Å². The summed E-state index contributed by atoms with van der Waals surface area (Å²) in [6, 6.07) is 0. The number of rotatable bonds is 8. The summed E-state index contributed by atoms with van der Waals surface area (Å²) in [6.45, 7) is 9.49. The van der Waals surface area contributed by atoms with Gasteiger partial charge in [-0.25, -0.2) is 0 Å². The molecule has 0 radical (unpaired) electrons. The maximum absolute atomic E-state index is 11.7. The number of hydrogen-bond acceptors (Lipinski definition) is 3. The van der Waals surface area contributed by atoms with Gasteiger partial charge in [-0.15, -0.1) is 13.2 Å². The highest BCUT2D eigenvalue weighted by molar-refractivity contribution is 5.82. The lowest BCUT2D eigenvalue weighted by molar-refractivity contribution is -0.148. The molecule has 0 saturated heterocycles. The van der Waals surface area contributed by atoms with Crippen LogP contribution in [0.2, 0.25) is 0 Å². The first-order valence-corrected chi connectivity index (χ1v) is 5.30. The summed E-state index contributed by atoms with van der Waals surface area (Å²) in [7, 11) is 0. The third-order valence-electron chi connectivity index (χ3n) is 1.89. The summed E-state index contributed by atoms with van der Waals surface area (Å²) < 4.78 is 4.79. The van der Waals surface area contributed by atoms with Crippen LogP contribution in [0.3, 0.4) is 0 Å². The van der Waals surface area contributed by atoms with E-state index >= 15 is 0 Å². The second-order valence-corrected chi connectivity index (χ2v) is 3.20. The van der Waals surface area contributed by atoms with Gasteiger partial charge in [0.1, 0.15) is 6.54 Å². The van der Waals surface area contributed by atoms with Crippen LogP contribution >= 0.6 is 0 Å². The molecule has 0 aromatic rings. The zero-order valence-electron chi connectivity index (χ0n) is 9.78. The molecular weight excluding hydrogens is 206 g/mol. The number of amides is 1. The zero-order valence-corrected chi connectivity index (χ0v) is 9.78. The van der Waals surface area contributed by atoms with E-state index in [0.29, 0.717) is 26.0 Å². The average Bonchev–Trinajstić information content (AvgIpc) is 2.25. The summed E-state index contributed by atoms with van der Waals surface area (Å²) in [5.41, 5.74) is 0. The van der Waals surface area contributed by atoms with E-state index in [-0.39, 0.29) is 12.5 Å². The van der Waals surface area contributed by atoms with Crippen LogP contribution in [0.4, 0.5) is 0 Å². The Labute approximate surface area is 96.6 Å². The van der Waals surface area contributed by atoms with Crippen molar-refractivity contribution in [3.8, 4) is 0 Å². The molecule has 1 amide bonds. The Morgan fingerprint density at radius 1 is 1.31 bits per heavy atom. The molecule has 16 heavy (non-hydrogen) atoms. The highest BCUT2D eigenvalue weighted by atomic mass is 16.5. The monoisotopic (exact) mass is 225 g/mol. The van der Waals surface area contributed by atoms with Gasteiger partial charge in [-0.3, -0.25) is 9.59 Å². The molecule has 0 aromatic heterocycles. The van der Waals surface area contributed by atoms with Crippen LogP contribution in [0.25, 0.3) is 0 Å². The van der Waals surface area contributed by atoms with Gasteiger partial charge in [0.25, 0.3) is 0 Å². The van der Waals surface area contributed by atoms with E-state index in [1.54, 1.807) is 19.1 Å². The van der Waals surface area contributed by atoms with E-state index < -0.39 is 5.97 Å². The number of esters is 1. The Bertz CT molecular complexity index is 261. The smallest absolute Gasteiger partial charge is 0.325 e. The first-order chi connectivity index (χ1) is 7.65. The molecule has 0 aliphatic carbocycles. The minimum Gasteiger partial charge on any atom is -0.465 e. The largest absolute Gasteiger partial charge is 0.465 e. The number of ether oxygens (including phenoxy) is 1. The van der Waals surface area contributed by atoms with Crippen molar-refractivity contribution in [3.63, 3.8) is 0 Å². The van der Waals surface area contributed by atoms with E-state index in [1.165, 1.54) is 4.90 Å². The maximum atomic E-state index is 11.7. The van der Waals surface area contributed by atoms with Crippen molar-refractivity contribution in [2.24, 2.45) is 0 Å². The molecule has 0 aromatic carbocycles. The number of carbonyl (C=O) groups excluding carboxylic acids is 2. The molecule has 90 valence electrons. The number of allylic oxidation sites excluding steroid dienone is 1. The molecule has 0 N–H and O–H groups in total. The Hall–Kier alpha value is -1.58. The van der Waals surface area contributed by atoms with Crippen LogP contribution in [0, 0.1) is 0 Å². The number of nitrogens with zero attached hydrogens (tertiary/aromatic N) is 1. The molecule has 4 heteroatoms. The summed E-state index contributed by atoms with van der Waals surface area (Å²) in [5, 5.41) is 0. The fourth-order valence-electron chi connectivity index (χ4n) is 1.16. The van der Waals surface area contributed by atoms with Crippen molar-refractivity contribution < 1.29 is 14.3 Å². The third-order valence-corrected chi connectivity index (χ3v) is 1.89. The summed E-state index contributed by atoms with van der Waals surface area (Å²) in [4.78, 5) is 24.3. The second-order valence-electron chi connectivity index (χ2n) is 3.20. The Kier molecular flexibility index (Phi) is 7.85. The topological polar surface area (TPSA) is 46.6 Å². The molecule has 0 heterocycles. The predicted octanol–water partition coefficient (Wildman–Crippen LogP) is 1.53. The van der Waals surface area contributed by atoms with Gasteiger partial charge in [0.05, 0.1) is 6.61 Å². The molecule has 0 unspecified atom stereocenters. The summed E-state index contributed by atoms with van der Waals surface area (Å²) >= 11 is 0. The molecule has 4 nitrogen and oxygen atoms in total. The molecule has 0 fully saturated rings. The fraction of sp³-hybridized carbons (Fsp3) is 0.500. The first-order valence-electron chi connectivity index (χ1n) is 5.30. The predicted molar refractivity (Wildman–Crippen MR) is 62.8 cm³/mol. The van der Waals surface area contributed by atoms with Crippen LogP contribution < -0.4 is 0 Å². The Morgan fingerprint density at radius 3 is 2.50 bits per heavy atom. The Morgan fingerprint density at radius 2 is 2.00 bits per heavy atom. The molecule has 0 saturated carbocycles. The van der Waals surface area contributed by atoms with E-state index in [9.17, 15) is 9.59 Å². The maximum Gasteiger partial charge on any atom is 0.325 e. The van der Waals surface area contributed by atoms with Crippen LogP contribution in [0.15, 0.2) is 25.3 Å². The molecule has 0 atom stereocenters.